The minimum atomic E-state index is 0. The quantitative estimate of drug-likeness (QED) is 0.883. The number of hydrogen-bond donors (Lipinski definition) is 1. The number of rotatable bonds is 2. The van der Waals surface area contributed by atoms with Gasteiger partial charge in [0.1, 0.15) is 0 Å². The number of hydrogen-bond acceptors (Lipinski definition) is 3. The lowest BCUT2D eigenvalue weighted by molar-refractivity contribution is 0.728. The normalized spacial score (nSPS) is 17.5. The van der Waals surface area contributed by atoms with Crippen LogP contribution in [0.3, 0.4) is 0 Å². The molecular weight excluding hydrogens is 288 g/mol. The predicted molar refractivity (Wildman–Crippen MR) is 93.6 cm³/mol. The van der Waals surface area contributed by atoms with Gasteiger partial charge in [0.25, 0.3) is 0 Å². The van der Waals surface area contributed by atoms with E-state index in [-0.39, 0.29) is 12.4 Å². The van der Waals surface area contributed by atoms with E-state index in [4.69, 9.17) is 0 Å². The van der Waals surface area contributed by atoms with E-state index in [0.29, 0.717) is 6.04 Å². The Morgan fingerprint density at radius 2 is 1.50 bits per heavy atom. The molecule has 0 radical (unpaired) electrons. The van der Waals surface area contributed by atoms with Crippen LogP contribution in [0.2, 0.25) is 0 Å². The van der Waals surface area contributed by atoms with Crippen LogP contribution in [0.15, 0.2) is 4.99 Å². The van der Waals surface area contributed by atoms with Gasteiger partial charge in [0.15, 0.2) is 5.17 Å². The van der Waals surface area contributed by atoms with E-state index in [1.54, 1.807) is 0 Å². The van der Waals surface area contributed by atoms with Gasteiger partial charge in [0.2, 0.25) is 0 Å². The lowest BCUT2D eigenvalue weighted by Gasteiger charge is -2.18. The monoisotopic (exact) mass is 312 g/mol. The van der Waals surface area contributed by atoms with Crippen molar-refractivity contribution in [1.29, 1.82) is 0 Å². The summed E-state index contributed by atoms with van der Waals surface area (Å²) < 4.78 is 0. The molecule has 2 nitrogen and oxygen atoms in total. The average molecular weight is 313 g/mol. The van der Waals surface area contributed by atoms with E-state index in [1.165, 1.54) is 33.4 Å². The zero-order chi connectivity index (χ0) is 14.2. The highest BCUT2D eigenvalue weighted by Crippen LogP contribution is 2.29. The second-order valence-electron chi connectivity index (χ2n) is 5.58. The van der Waals surface area contributed by atoms with Crippen molar-refractivity contribution in [2.45, 2.75) is 53.3 Å². The van der Waals surface area contributed by atoms with Crippen LogP contribution in [0.5, 0.6) is 0 Å². The maximum Gasteiger partial charge on any atom is 0.157 e. The Labute approximate surface area is 133 Å². The summed E-state index contributed by atoms with van der Waals surface area (Å²) in [5.41, 5.74) is 8.68. The molecule has 0 aromatic heterocycles. The number of thioether (sulfide) groups is 1. The minimum Gasteiger partial charge on any atom is -0.361 e. The van der Waals surface area contributed by atoms with Crippen molar-refractivity contribution in [1.82, 2.24) is 5.32 Å². The Morgan fingerprint density at radius 1 is 1.00 bits per heavy atom. The van der Waals surface area contributed by atoms with Crippen LogP contribution in [0.1, 0.15) is 40.3 Å². The zero-order valence-electron chi connectivity index (χ0n) is 13.3. The fourth-order valence-electron chi connectivity index (χ4n) is 2.54. The smallest absolute Gasteiger partial charge is 0.157 e. The summed E-state index contributed by atoms with van der Waals surface area (Å²) in [4.78, 5) is 4.52. The molecule has 0 fully saturated rings. The molecule has 1 atom stereocenters. The van der Waals surface area contributed by atoms with Gasteiger partial charge in [-0.1, -0.05) is 11.8 Å². The van der Waals surface area contributed by atoms with Gasteiger partial charge in [-0.15, -0.1) is 12.4 Å². The highest BCUT2D eigenvalue weighted by Gasteiger charge is 2.16. The third-order valence-corrected chi connectivity index (χ3v) is 5.34. The van der Waals surface area contributed by atoms with Crippen molar-refractivity contribution in [2.75, 3.05) is 6.54 Å². The topological polar surface area (TPSA) is 24.4 Å². The first-order valence-electron chi connectivity index (χ1n) is 6.91. The van der Waals surface area contributed by atoms with Crippen molar-refractivity contribution in [3.05, 3.63) is 33.4 Å². The molecule has 1 N–H and O–H groups in total. The number of aliphatic imine (C=N–C) groups is 1. The van der Waals surface area contributed by atoms with Gasteiger partial charge in [-0.05, 0) is 74.9 Å². The summed E-state index contributed by atoms with van der Waals surface area (Å²) in [6.45, 7) is 14.3. The highest BCUT2D eigenvalue weighted by molar-refractivity contribution is 8.13. The van der Waals surface area contributed by atoms with Gasteiger partial charge >= 0.3 is 0 Å². The minimum absolute atomic E-state index is 0. The first kappa shape index (κ1) is 17.4. The number of halogens is 1. The third kappa shape index (κ3) is 3.32. The Morgan fingerprint density at radius 3 is 1.95 bits per heavy atom. The number of benzene rings is 1. The van der Waals surface area contributed by atoms with Crippen LogP contribution in [0.25, 0.3) is 0 Å². The summed E-state index contributed by atoms with van der Waals surface area (Å²) >= 11 is 1.83. The first-order chi connectivity index (χ1) is 8.91. The van der Waals surface area contributed by atoms with Gasteiger partial charge in [-0.2, -0.15) is 0 Å². The fourth-order valence-corrected chi connectivity index (χ4v) is 3.71. The van der Waals surface area contributed by atoms with Crippen molar-refractivity contribution < 1.29 is 0 Å². The molecule has 0 saturated carbocycles. The Hall–Kier alpha value is -0.670. The molecule has 4 heteroatoms. The Bertz CT molecular complexity index is 509. The average Bonchev–Trinajstić information content (AvgIpc) is 2.80. The van der Waals surface area contributed by atoms with Gasteiger partial charge in [0.05, 0.1) is 6.54 Å². The highest BCUT2D eigenvalue weighted by atomic mass is 35.5. The molecule has 1 aromatic carbocycles. The third-order valence-electron chi connectivity index (χ3n) is 4.39. The molecule has 1 aliphatic heterocycles. The molecule has 0 bridgehead atoms. The molecule has 0 amide bonds. The summed E-state index contributed by atoms with van der Waals surface area (Å²) in [5, 5.41) is 4.52. The van der Waals surface area contributed by atoms with Crippen LogP contribution in [0.4, 0.5) is 0 Å². The van der Waals surface area contributed by atoms with E-state index >= 15 is 0 Å². The van der Waals surface area contributed by atoms with E-state index in [1.807, 2.05) is 11.8 Å². The standard InChI is InChI=1S/C16H24N2S.ClH/c1-9-7-17-16(18-9)19-8-15-13(5)11(3)10(2)12(4)14(15)6;/h9H,7-8H2,1-6H3,(H,17,18);1H. The summed E-state index contributed by atoms with van der Waals surface area (Å²) in [5.74, 6) is 1.01. The van der Waals surface area contributed by atoms with Crippen LogP contribution in [-0.4, -0.2) is 17.8 Å². The molecule has 0 aliphatic carbocycles. The molecule has 1 heterocycles. The Balaban J connectivity index is 0.00000200. The van der Waals surface area contributed by atoms with Crippen LogP contribution < -0.4 is 5.32 Å². The summed E-state index contributed by atoms with van der Waals surface area (Å²) in [6, 6.07) is 0.492. The lowest BCUT2D eigenvalue weighted by atomic mass is 9.90. The summed E-state index contributed by atoms with van der Waals surface area (Å²) in [6.07, 6.45) is 0. The zero-order valence-corrected chi connectivity index (χ0v) is 14.9. The molecule has 1 aliphatic rings. The van der Waals surface area contributed by atoms with E-state index in [0.717, 1.165) is 17.5 Å². The maximum absolute atomic E-state index is 4.52. The molecular formula is C16H25ClN2S. The van der Waals surface area contributed by atoms with E-state index < -0.39 is 0 Å². The SMILES string of the molecule is Cc1c(C)c(C)c(CSC2=NCC(C)N2)c(C)c1C.Cl. The van der Waals surface area contributed by atoms with Gasteiger partial charge in [-0.3, -0.25) is 4.99 Å². The van der Waals surface area contributed by atoms with Crippen LogP contribution in [0, 0.1) is 34.6 Å². The van der Waals surface area contributed by atoms with Crippen LogP contribution >= 0.6 is 24.2 Å². The van der Waals surface area contributed by atoms with Crippen molar-refractivity contribution in [3.63, 3.8) is 0 Å². The number of amidine groups is 1. The molecule has 2 rings (SSSR count). The molecule has 0 saturated heterocycles. The van der Waals surface area contributed by atoms with Gasteiger partial charge in [0, 0.05) is 11.8 Å². The second-order valence-corrected chi connectivity index (χ2v) is 6.55. The van der Waals surface area contributed by atoms with Crippen LogP contribution in [-0.2, 0) is 5.75 Å². The first-order valence-corrected chi connectivity index (χ1v) is 7.90. The molecule has 0 spiro atoms. The van der Waals surface area contributed by atoms with Crippen molar-refractivity contribution >= 4 is 29.3 Å². The van der Waals surface area contributed by atoms with Crippen molar-refractivity contribution in [2.24, 2.45) is 4.99 Å². The van der Waals surface area contributed by atoms with Crippen molar-refractivity contribution in [3.8, 4) is 0 Å². The van der Waals surface area contributed by atoms with E-state index in [2.05, 4.69) is 51.9 Å². The lowest BCUT2D eigenvalue weighted by Crippen LogP contribution is -2.25. The fraction of sp³-hybridized carbons (Fsp3) is 0.562. The maximum atomic E-state index is 4.52. The van der Waals surface area contributed by atoms with Gasteiger partial charge in [-0.25, -0.2) is 0 Å². The molecule has 1 unspecified atom stereocenters. The number of nitrogens with one attached hydrogen (secondary N) is 1. The predicted octanol–water partition coefficient (Wildman–Crippen LogP) is 4.23. The van der Waals surface area contributed by atoms with E-state index in [9.17, 15) is 0 Å². The Kier molecular flexibility index (Phi) is 5.96. The van der Waals surface area contributed by atoms with Gasteiger partial charge < -0.3 is 5.32 Å². The molecule has 20 heavy (non-hydrogen) atoms. The largest absolute Gasteiger partial charge is 0.361 e. The molecule has 1 aromatic rings. The summed E-state index contributed by atoms with van der Waals surface area (Å²) in [7, 11) is 0. The second kappa shape index (κ2) is 6.86. The molecule has 112 valence electrons. The number of nitrogens with zero attached hydrogens (tertiary/aromatic N) is 1.